The highest BCUT2D eigenvalue weighted by molar-refractivity contribution is 5.77. The maximum atomic E-state index is 12.2. The maximum Gasteiger partial charge on any atom is 0.258 e. The summed E-state index contributed by atoms with van der Waals surface area (Å²) < 4.78 is 10.6. The van der Waals surface area contributed by atoms with Crippen LogP contribution in [0, 0.1) is 0 Å². The topological polar surface area (TPSA) is 93.3 Å². The van der Waals surface area contributed by atoms with Gasteiger partial charge in [0.15, 0.2) is 11.5 Å². The SMILES string of the molecule is COc1cccc(CNC(=O)CCCc2nc3ccccc3c(=O)[nH]2)c1OC. The molecule has 0 radical (unpaired) electrons. The van der Waals surface area contributed by atoms with Crippen LogP contribution in [0.25, 0.3) is 10.9 Å². The quantitative estimate of drug-likeness (QED) is 0.626. The Bertz CT molecular complexity index is 1030. The molecule has 3 rings (SSSR count). The number of ether oxygens (including phenoxy) is 2. The number of methoxy groups -OCH3 is 2. The zero-order valence-corrected chi connectivity index (χ0v) is 16.0. The summed E-state index contributed by atoms with van der Waals surface area (Å²) in [6.45, 7) is 0.351. The number of amides is 1. The summed E-state index contributed by atoms with van der Waals surface area (Å²) in [7, 11) is 3.14. The molecular formula is C21H23N3O4. The van der Waals surface area contributed by atoms with Gasteiger partial charge in [0, 0.05) is 24.9 Å². The van der Waals surface area contributed by atoms with Crippen LogP contribution in [0.5, 0.6) is 11.5 Å². The average molecular weight is 381 g/mol. The molecule has 0 aliphatic carbocycles. The number of benzene rings is 2. The van der Waals surface area contributed by atoms with Crippen LogP contribution in [0.4, 0.5) is 0 Å². The first kappa shape index (κ1) is 19.4. The van der Waals surface area contributed by atoms with Crippen molar-refractivity contribution in [2.24, 2.45) is 0 Å². The van der Waals surface area contributed by atoms with Crippen molar-refractivity contribution >= 4 is 16.8 Å². The number of H-pyrrole nitrogens is 1. The normalized spacial score (nSPS) is 10.6. The molecule has 2 N–H and O–H groups in total. The molecule has 1 heterocycles. The standard InChI is InChI=1S/C21H23N3O4/c1-27-17-10-5-7-14(20(17)28-2)13-22-19(25)12-6-11-18-23-16-9-4-3-8-15(16)21(26)24-18/h3-5,7-10H,6,11-13H2,1-2H3,(H,22,25)(H,23,24,26). The fourth-order valence-electron chi connectivity index (χ4n) is 3.04. The van der Waals surface area contributed by atoms with Gasteiger partial charge in [-0.25, -0.2) is 4.98 Å². The van der Waals surface area contributed by atoms with Crippen molar-refractivity contribution < 1.29 is 14.3 Å². The van der Waals surface area contributed by atoms with Crippen LogP contribution in [0.2, 0.25) is 0 Å². The first-order chi connectivity index (χ1) is 13.6. The van der Waals surface area contributed by atoms with Crippen LogP contribution < -0.4 is 20.3 Å². The number of hydrogen-bond acceptors (Lipinski definition) is 5. The Balaban J connectivity index is 1.54. The van der Waals surface area contributed by atoms with E-state index in [4.69, 9.17) is 9.47 Å². The Labute approximate surface area is 162 Å². The van der Waals surface area contributed by atoms with Gasteiger partial charge >= 0.3 is 0 Å². The van der Waals surface area contributed by atoms with Gasteiger partial charge in [-0.05, 0) is 24.6 Å². The Morgan fingerprint density at radius 2 is 1.93 bits per heavy atom. The molecule has 2 aromatic carbocycles. The van der Waals surface area contributed by atoms with Crippen molar-refractivity contribution in [3.63, 3.8) is 0 Å². The largest absolute Gasteiger partial charge is 0.493 e. The number of para-hydroxylation sites is 2. The minimum atomic E-state index is -0.157. The predicted molar refractivity (Wildman–Crippen MR) is 107 cm³/mol. The molecule has 0 saturated carbocycles. The van der Waals surface area contributed by atoms with Gasteiger partial charge in [-0.15, -0.1) is 0 Å². The third-order valence-corrected chi connectivity index (χ3v) is 4.44. The molecule has 0 aliphatic rings. The van der Waals surface area contributed by atoms with Crippen molar-refractivity contribution in [2.75, 3.05) is 14.2 Å². The van der Waals surface area contributed by atoms with Crippen LogP contribution in [-0.2, 0) is 17.8 Å². The average Bonchev–Trinajstić information content (AvgIpc) is 2.72. The molecule has 7 nitrogen and oxygen atoms in total. The fourth-order valence-corrected chi connectivity index (χ4v) is 3.04. The van der Waals surface area contributed by atoms with E-state index in [0.717, 1.165) is 5.56 Å². The molecule has 0 saturated heterocycles. The summed E-state index contributed by atoms with van der Waals surface area (Å²) in [4.78, 5) is 31.5. The van der Waals surface area contributed by atoms with Crippen molar-refractivity contribution in [1.82, 2.24) is 15.3 Å². The highest BCUT2D eigenvalue weighted by atomic mass is 16.5. The Morgan fingerprint density at radius 3 is 2.71 bits per heavy atom. The number of nitrogens with one attached hydrogen (secondary N) is 2. The van der Waals surface area contributed by atoms with Crippen molar-refractivity contribution in [1.29, 1.82) is 0 Å². The van der Waals surface area contributed by atoms with Crippen LogP contribution in [0.15, 0.2) is 47.3 Å². The van der Waals surface area contributed by atoms with E-state index >= 15 is 0 Å². The third kappa shape index (κ3) is 4.49. The number of aromatic nitrogens is 2. The number of fused-ring (bicyclic) bond motifs is 1. The lowest BCUT2D eigenvalue weighted by Gasteiger charge is -2.13. The van der Waals surface area contributed by atoms with E-state index in [9.17, 15) is 9.59 Å². The van der Waals surface area contributed by atoms with Crippen molar-refractivity contribution in [3.05, 3.63) is 64.2 Å². The number of hydrogen-bond donors (Lipinski definition) is 2. The number of aryl methyl sites for hydroxylation is 1. The van der Waals surface area contributed by atoms with Crippen LogP contribution in [-0.4, -0.2) is 30.1 Å². The summed E-state index contributed by atoms with van der Waals surface area (Å²) in [6, 6.07) is 12.7. The second-order valence-corrected chi connectivity index (χ2v) is 6.31. The molecule has 0 aliphatic heterocycles. The molecule has 0 spiro atoms. The minimum absolute atomic E-state index is 0.0759. The van der Waals surface area contributed by atoms with E-state index in [-0.39, 0.29) is 11.5 Å². The van der Waals surface area contributed by atoms with E-state index < -0.39 is 0 Å². The van der Waals surface area contributed by atoms with E-state index in [0.29, 0.717) is 54.0 Å². The van der Waals surface area contributed by atoms with Gasteiger partial charge in [0.05, 0.1) is 25.1 Å². The zero-order valence-electron chi connectivity index (χ0n) is 16.0. The van der Waals surface area contributed by atoms with Crippen LogP contribution in [0.3, 0.4) is 0 Å². The molecule has 28 heavy (non-hydrogen) atoms. The lowest BCUT2D eigenvalue weighted by atomic mass is 10.1. The summed E-state index contributed by atoms with van der Waals surface area (Å²) >= 11 is 0. The summed E-state index contributed by atoms with van der Waals surface area (Å²) in [5.41, 5.74) is 1.35. The lowest BCUT2D eigenvalue weighted by Crippen LogP contribution is -2.23. The molecule has 0 unspecified atom stereocenters. The second kappa shape index (κ2) is 9.03. The van der Waals surface area contributed by atoms with Crippen molar-refractivity contribution in [3.8, 4) is 11.5 Å². The van der Waals surface area contributed by atoms with E-state index in [1.54, 1.807) is 26.4 Å². The third-order valence-electron chi connectivity index (χ3n) is 4.44. The highest BCUT2D eigenvalue weighted by Crippen LogP contribution is 2.30. The Kier molecular flexibility index (Phi) is 6.26. The van der Waals surface area contributed by atoms with Gasteiger partial charge < -0.3 is 19.8 Å². The number of nitrogens with zero attached hydrogens (tertiary/aromatic N) is 1. The monoisotopic (exact) mass is 381 g/mol. The van der Waals surface area contributed by atoms with E-state index in [2.05, 4.69) is 15.3 Å². The van der Waals surface area contributed by atoms with Crippen LogP contribution in [0.1, 0.15) is 24.2 Å². The van der Waals surface area contributed by atoms with Crippen LogP contribution >= 0.6 is 0 Å². The summed E-state index contributed by atoms with van der Waals surface area (Å²) in [5.74, 6) is 1.75. The molecule has 3 aromatic rings. The molecule has 0 bridgehead atoms. The smallest absolute Gasteiger partial charge is 0.258 e. The molecule has 0 atom stereocenters. The van der Waals surface area contributed by atoms with Crippen molar-refractivity contribution in [2.45, 2.75) is 25.8 Å². The first-order valence-electron chi connectivity index (χ1n) is 9.07. The molecule has 0 fully saturated rings. The number of carbonyl (C=O) groups excluding carboxylic acids is 1. The van der Waals surface area contributed by atoms with Gasteiger partial charge in [0.2, 0.25) is 5.91 Å². The molecular weight excluding hydrogens is 358 g/mol. The zero-order chi connectivity index (χ0) is 19.9. The van der Waals surface area contributed by atoms with Gasteiger partial charge in [0.25, 0.3) is 5.56 Å². The predicted octanol–water partition coefficient (Wildman–Crippen LogP) is 2.58. The molecule has 7 heteroatoms. The Morgan fingerprint density at radius 1 is 1.11 bits per heavy atom. The number of rotatable bonds is 8. The fraction of sp³-hybridized carbons (Fsp3) is 0.286. The summed E-state index contributed by atoms with van der Waals surface area (Å²) in [6.07, 6.45) is 1.45. The van der Waals surface area contributed by atoms with Gasteiger partial charge in [-0.1, -0.05) is 24.3 Å². The number of aromatic amines is 1. The lowest BCUT2D eigenvalue weighted by molar-refractivity contribution is -0.121. The minimum Gasteiger partial charge on any atom is -0.493 e. The van der Waals surface area contributed by atoms with E-state index in [1.165, 1.54) is 0 Å². The maximum absolute atomic E-state index is 12.2. The molecule has 1 aromatic heterocycles. The Hall–Kier alpha value is -3.35. The highest BCUT2D eigenvalue weighted by Gasteiger charge is 2.11. The van der Waals surface area contributed by atoms with Gasteiger partial charge in [-0.3, -0.25) is 9.59 Å². The second-order valence-electron chi connectivity index (χ2n) is 6.31. The summed E-state index contributed by atoms with van der Waals surface area (Å²) in [5, 5.41) is 3.45. The first-order valence-corrected chi connectivity index (χ1v) is 9.07. The van der Waals surface area contributed by atoms with Gasteiger partial charge in [-0.2, -0.15) is 0 Å². The molecule has 1 amide bonds. The molecule has 146 valence electrons. The number of carbonyl (C=O) groups is 1. The van der Waals surface area contributed by atoms with E-state index in [1.807, 2.05) is 30.3 Å². The van der Waals surface area contributed by atoms with Gasteiger partial charge in [0.1, 0.15) is 5.82 Å².